The normalized spacial score (nSPS) is 10.4. The van der Waals surface area contributed by atoms with Crippen LogP contribution in [0, 0.1) is 6.92 Å². The van der Waals surface area contributed by atoms with Crippen LogP contribution >= 0.6 is 22.9 Å². The van der Waals surface area contributed by atoms with Crippen molar-refractivity contribution in [1.82, 2.24) is 0 Å². The number of halogens is 1. The van der Waals surface area contributed by atoms with Gasteiger partial charge in [-0.15, -0.1) is 11.3 Å². The third kappa shape index (κ3) is 2.18. The molecule has 1 nitrogen and oxygen atoms in total. The van der Waals surface area contributed by atoms with Gasteiger partial charge in [0.15, 0.2) is 5.78 Å². The van der Waals surface area contributed by atoms with Crippen molar-refractivity contribution in [3.63, 3.8) is 0 Å². The molecule has 0 amide bonds. The predicted molar refractivity (Wildman–Crippen MR) is 69.5 cm³/mol. The largest absolute Gasteiger partial charge is 0.294 e. The molecule has 0 aliphatic carbocycles. The molecule has 2 rings (SSSR count). The van der Waals surface area contributed by atoms with Crippen molar-refractivity contribution in [2.24, 2.45) is 0 Å². The van der Waals surface area contributed by atoms with Crippen molar-refractivity contribution in [2.45, 2.75) is 13.8 Å². The molecule has 1 heterocycles. The third-order valence-electron chi connectivity index (χ3n) is 2.41. The summed E-state index contributed by atoms with van der Waals surface area (Å²) >= 11 is 7.57. The summed E-state index contributed by atoms with van der Waals surface area (Å²) in [5.74, 6) is 0.113. The Labute approximate surface area is 104 Å². The smallest absolute Gasteiger partial charge is 0.160 e. The van der Waals surface area contributed by atoms with Crippen LogP contribution < -0.4 is 0 Å². The number of hydrogen-bond donors (Lipinski definition) is 0. The fourth-order valence-corrected chi connectivity index (χ4v) is 2.87. The van der Waals surface area contributed by atoms with Crippen molar-refractivity contribution in [1.29, 1.82) is 0 Å². The standard InChI is InChI=1S/C13H11ClOS/c1-8(15)12-7-13(16-9(12)2)10-4-3-5-11(14)6-10/h3-7H,1-2H3. The summed E-state index contributed by atoms with van der Waals surface area (Å²) < 4.78 is 0. The maximum Gasteiger partial charge on any atom is 0.160 e. The lowest BCUT2D eigenvalue weighted by Crippen LogP contribution is -1.89. The summed E-state index contributed by atoms with van der Waals surface area (Å²) in [6.45, 7) is 3.56. The van der Waals surface area contributed by atoms with Crippen molar-refractivity contribution in [3.05, 3.63) is 45.8 Å². The molecule has 0 aliphatic rings. The Morgan fingerprint density at radius 1 is 1.31 bits per heavy atom. The van der Waals surface area contributed by atoms with Crippen molar-refractivity contribution >= 4 is 28.7 Å². The van der Waals surface area contributed by atoms with E-state index in [0.29, 0.717) is 5.02 Å². The first-order valence-electron chi connectivity index (χ1n) is 4.95. The van der Waals surface area contributed by atoms with E-state index in [1.165, 1.54) is 0 Å². The minimum absolute atomic E-state index is 0.113. The second-order valence-corrected chi connectivity index (χ2v) is 5.34. The molecule has 82 valence electrons. The second-order valence-electron chi connectivity index (χ2n) is 3.65. The van der Waals surface area contributed by atoms with Gasteiger partial charge in [-0.2, -0.15) is 0 Å². The third-order valence-corrected chi connectivity index (χ3v) is 3.74. The maximum absolute atomic E-state index is 11.4. The first kappa shape index (κ1) is 11.4. The van der Waals surface area contributed by atoms with Crippen LogP contribution in [-0.4, -0.2) is 5.78 Å². The summed E-state index contributed by atoms with van der Waals surface area (Å²) in [6, 6.07) is 9.61. The van der Waals surface area contributed by atoms with Crippen LogP contribution in [0.5, 0.6) is 0 Å². The number of carbonyl (C=O) groups excluding carboxylic acids is 1. The first-order valence-corrected chi connectivity index (χ1v) is 6.14. The molecule has 3 heteroatoms. The van der Waals surface area contributed by atoms with Crippen molar-refractivity contribution < 1.29 is 4.79 Å². The minimum Gasteiger partial charge on any atom is -0.294 e. The molecule has 1 aromatic carbocycles. The van der Waals surface area contributed by atoms with Crippen LogP contribution in [0.2, 0.25) is 5.02 Å². The van der Waals surface area contributed by atoms with Crippen molar-refractivity contribution in [3.8, 4) is 10.4 Å². The van der Waals surface area contributed by atoms with Gasteiger partial charge in [-0.3, -0.25) is 4.79 Å². The SMILES string of the molecule is CC(=O)c1cc(-c2cccc(Cl)c2)sc1C. The van der Waals surface area contributed by atoms with Gasteiger partial charge in [-0.05, 0) is 37.6 Å². The van der Waals surface area contributed by atoms with Crippen LogP contribution in [0.3, 0.4) is 0 Å². The fourth-order valence-electron chi connectivity index (χ4n) is 1.62. The lowest BCUT2D eigenvalue weighted by atomic mass is 10.1. The fraction of sp³-hybridized carbons (Fsp3) is 0.154. The Morgan fingerprint density at radius 2 is 2.06 bits per heavy atom. The van der Waals surface area contributed by atoms with Gasteiger partial charge >= 0.3 is 0 Å². The van der Waals surface area contributed by atoms with E-state index in [-0.39, 0.29) is 5.78 Å². The number of carbonyl (C=O) groups is 1. The number of rotatable bonds is 2. The van der Waals surface area contributed by atoms with E-state index in [1.54, 1.807) is 18.3 Å². The number of hydrogen-bond acceptors (Lipinski definition) is 2. The summed E-state index contributed by atoms with van der Waals surface area (Å²) in [5, 5.41) is 0.716. The Morgan fingerprint density at radius 3 is 2.62 bits per heavy atom. The molecule has 0 unspecified atom stereocenters. The summed E-state index contributed by atoms with van der Waals surface area (Å²) in [4.78, 5) is 13.5. The van der Waals surface area contributed by atoms with Gasteiger partial charge in [0.25, 0.3) is 0 Å². The van der Waals surface area contributed by atoms with E-state index in [1.807, 2.05) is 37.3 Å². The Balaban J connectivity index is 2.49. The molecule has 0 saturated carbocycles. The van der Waals surface area contributed by atoms with E-state index in [9.17, 15) is 4.79 Å². The number of thiophene rings is 1. The topological polar surface area (TPSA) is 17.1 Å². The van der Waals surface area contributed by atoms with Crippen LogP contribution in [0.1, 0.15) is 22.2 Å². The molecule has 0 fully saturated rings. The van der Waals surface area contributed by atoms with E-state index in [2.05, 4.69) is 0 Å². The zero-order valence-electron chi connectivity index (χ0n) is 9.08. The molecule has 0 saturated heterocycles. The van der Waals surface area contributed by atoms with Crippen molar-refractivity contribution in [2.75, 3.05) is 0 Å². The average Bonchev–Trinajstić information content (AvgIpc) is 2.60. The summed E-state index contributed by atoms with van der Waals surface area (Å²) in [6.07, 6.45) is 0. The lowest BCUT2D eigenvalue weighted by Gasteiger charge is -1.96. The Hall–Kier alpha value is -1.12. The van der Waals surface area contributed by atoms with E-state index in [0.717, 1.165) is 20.9 Å². The number of Topliss-reactive ketones (excluding diaryl/α,β-unsaturated/α-hetero) is 1. The number of benzene rings is 1. The minimum atomic E-state index is 0.113. The lowest BCUT2D eigenvalue weighted by molar-refractivity contribution is 0.101. The van der Waals surface area contributed by atoms with Gasteiger partial charge in [-0.1, -0.05) is 23.7 Å². The highest BCUT2D eigenvalue weighted by Gasteiger charge is 2.10. The van der Waals surface area contributed by atoms with Crippen LogP contribution in [0.25, 0.3) is 10.4 Å². The maximum atomic E-state index is 11.4. The first-order chi connectivity index (χ1) is 7.58. The molecule has 0 N–H and O–H groups in total. The summed E-state index contributed by atoms with van der Waals surface area (Å²) in [5.41, 5.74) is 1.87. The molecule has 0 spiro atoms. The zero-order valence-corrected chi connectivity index (χ0v) is 10.7. The zero-order chi connectivity index (χ0) is 11.7. The van der Waals surface area contributed by atoms with Crippen LogP contribution in [0.15, 0.2) is 30.3 Å². The number of ketones is 1. The molecule has 0 radical (unpaired) electrons. The monoisotopic (exact) mass is 250 g/mol. The molecule has 0 atom stereocenters. The van der Waals surface area contributed by atoms with Gasteiger partial charge in [0.2, 0.25) is 0 Å². The average molecular weight is 251 g/mol. The molecule has 16 heavy (non-hydrogen) atoms. The molecular formula is C13H11ClOS. The van der Waals surface area contributed by atoms with Gasteiger partial charge in [-0.25, -0.2) is 0 Å². The summed E-state index contributed by atoms with van der Waals surface area (Å²) in [7, 11) is 0. The van der Waals surface area contributed by atoms with Gasteiger partial charge < -0.3 is 0 Å². The van der Waals surface area contributed by atoms with Gasteiger partial charge in [0, 0.05) is 20.3 Å². The van der Waals surface area contributed by atoms with E-state index >= 15 is 0 Å². The quantitative estimate of drug-likeness (QED) is 0.713. The molecular weight excluding hydrogens is 240 g/mol. The second kappa shape index (κ2) is 4.40. The van der Waals surface area contributed by atoms with E-state index < -0.39 is 0 Å². The Bertz CT molecular complexity index is 543. The van der Waals surface area contributed by atoms with Crippen LogP contribution in [-0.2, 0) is 0 Å². The molecule has 1 aromatic heterocycles. The van der Waals surface area contributed by atoms with Gasteiger partial charge in [0.05, 0.1) is 0 Å². The molecule has 2 aromatic rings. The highest BCUT2D eigenvalue weighted by Crippen LogP contribution is 2.32. The highest BCUT2D eigenvalue weighted by atomic mass is 35.5. The molecule has 0 aliphatic heterocycles. The number of aryl methyl sites for hydroxylation is 1. The predicted octanol–water partition coefficient (Wildman–Crippen LogP) is 4.58. The van der Waals surface area contributed by atoms with E-state index in [4.69, 9.17) is 11.6 Å². The Kier molecular flexibility index (Phi) is 3.13. The highest BCUT2D eigenvalue weighted by molar-refractivity contribution is 7.15. The van der Waals surface area contributed by atoms with Gasteiger partial charge in [0.1, 0.15) is 0 Å². The molecule has 0 bridgehead atoms. The van der Waals surface area contributed by atoms with Crippen LogP contribution in [0.4, 0.5) is 0 Å².